The van der Waals surface area contributed by atoms with Crippen molar-refractivity contribution in [3.8, 4) is 0 Å². The minimum atomic E-state index is -0.940. The van der Waals surface area contributed by atoms with Crippen LogP contribution in [-0.2, 0) is 13.8 Å². The Hall–Kier alpha value is -1.70. The number of hydrogen-bond acceptors (Lipinski definition) is 8. The summed E-state index contributed by atoms with van der Waals surface area (Å²) in [5.74, 6) is -1.93. The van der Waals surface area contributed by atoms with Crippen molar-refractivity contribution in [1.29, 1.82) is 0 Å². The summed E-state index contributed by atoms with van der Waals surface area (Å²) in [4.78, 5) is 54.8. The van der Waals surface area contributed by atoms with Crippen LogP contribution in [0.25, 0.3) is 0 Å². The van der Waals surface area contributed by atoms with Gasteiger partial charge in [-0.2, -0.15) is 0 Å². The fourth-order valence-corrected chi connectivity index (χ4v) is 4.76. The quantitative estimate of drug-likeness (QED) is 0.247. The maximum atomic E-state index is 13.0. The minimum absolute atomic E-state index is 0.112. The number of piperidine rings is 1. The number of carbonyl (C=O) groups is 4. The monoisotopic (exact) mass is 544 g/mol. The molecule has 30 heavy (non-hydrogen) atoms. The van der Waals surface area contributed by atoms with E-state index in [-0.39, 0.29) is 18.7 Å². The van der Waals surface area contributed by atoms with Gasteiger partial charge in [-0.15, -0.1) is 0 Å². The summed E-state index contributed by atoms with van der Waals surface area (Å²) in [7, 11) is 1.34. The molecule has 2 saturated heterocycles. The van der Waals surface area contributed by atoms with Crippen LogP contribution in [-0.4, -0.2) is 78.8 Å². The Bertz CT molecular complexity index is 890. The van der Waals surface area contributed by atoms with Gasteiger partial charge in [0.1, 0.15) is 6.04 Å². The van der Waals surface area contributed by atoms with Crippen LogP contribution in [0.3, 0.4) is 0 Å². The maximum Gasteiger partial charge on any atom is 0.262 e. The maximum absolute atomic E-state index is 13.0. The highest BCUT2D eigenvalue weighted by molar-refractivity contribution is 14.2. The Balaban J connectivity index is 1.45. The van der Waals surface area contributed by atoms with Crippen molar-refractivity contribution >= 4 is 59.7 Å². The molecule has 3 aliphatic rings. The van der Waals surface area contributed by atoms with E-state index in [1.165, 1.54) is 9.21 Å². The first-order valence-electron chi connectivity index (χ1n) is 9.72. The second kappa shape index (κ2) is 9.20. The topological polar surface area (TPSA) is 99.3 Å². The van der Waals surface area contributed by atoms with E-state index in [1.54, 1.807) is 12.1 Å². The number of piperazine rings is 1. The van der Waals surface area contributed by atoms with Crippen LogP contribution >= 0.6 is 30.4 Å². The van der Waals surface area contributed by atoms with Crippen molar-refractivity contribution in [3.63, 3.8) is 0 Å². The minimum Gasteiger partial charge on any atom is -0.369 e. The molecule has 1 atom stereocenters. The van der Waals surface area contributed by atoms with E-state index >= 15 is 0 Å². The number of nitrogens with one attached hydrogen (secondary N) is 1. The molecule has 0 radical (unpaired) electrons. The summed E-state index contributed by atoms with van der Waals surface area (Å²) in [6.07, 6.45) is 0.269. The summed E-state index contributed by atoms with van der Waals surface area (Å²) in [6, 6.07) is 4.32. The number of rotatable bonds is 6. The van der Waals surface area contributed by atoms with Crippen LogP contribution in [0, 0.1) is 0 Å². The van der Waals surface area contributed by atoms with Gasteiger partial charge in [-0.1, -0.05) is 0 Å². The molecule has 4 rings (SSSR count). The van der Waals surface area contributed by atoms with Gasteiger partial charge >= 0.3 is 0 Å². The lowest BCUT2D eigenvalue weighted by molar-refractivity contribution is -0.136. The normalized spacial score (nSPS) is 22.5. The number of anilines is 1. The Morgan fingerprint density at radius 2 is 1.80 bits per heavy atom. The molecule has 3 heterocycles. The van der Waals surface area contributed by atoms with E-state index in [4.69, 9.17) is 4.18 Å². The van der Waals surface area contributed by atoms with Gasteiger partial charge in [-0.05, 0) is 24.6 Å². The molecule has 160 valence electrons. The molecule has 9 nitrogen and oxygen atoms in total. The number of carbonyl (C=O) groups excluding carboxylic acids is 4. The molecule has 11 heteroatoms. The summed E-state index contributed by atoms with van der Waals surface area (Å²) < 4.78 is 5.32. The van der Waals surface area contributed by atoms with Crippen molar-refractivity contribution in [2.24, 2.45) is 0 Å². The van der Waals surface area contributed by atoms with Crippen molar-refractivity contribution in [2.75, 3.05) is 44.2 Å². The highest BCUT2D eigenvalue weighted by atomic mass is 127. The first kappa shape index (κ1) is 21.5. The van der Waals surface area contributed by atoms with E-state index in [0.717, 1.165) is 43.3 Å². The molecule has 2 fully saturated rings. The van der Waals surface area contributed by atoms with Crippen LogP contribution < -0.4 is 10.2 Å². The second-order valence-corrected chi connectivity index (χ2v) is 8.83. The molecule has 0 aliphatic carbocycles. The van der Waals surface area contributed by atoms with Gasteiger partial charge in [0.25, 0.3) is 11.8 Å². The number of benzene rings is 1. The van der Waals surface area contributed by atoms with E-state index in [0.29, 0.717) is 17.7 Å². The Morgan fingerprint density at radius 3 is 2.50 bits per heavy atom. The molecule has 1 aromatic rings. The number of amides is 4. The number of fused-ring (bicyclic) bond motifs is 1. The van der Waals surface area contributed by atoms with Crippen molar-refractivity contribution < 1.29 is 23.4 Å². The smallest absolute Gasteiger partial charge is 0.262 e. The van der Waals surface area contributed by atoms with Crippen LogP contribution in [0.1, 0.15) is 33.6 Å². The Morgan fingerprint density at radius 1 is 1.07 bits per heavy atom. The molecule has 0 saturated carbocycles. The summed E-state index contributed by atoms with van der Waals surface area (Å²) in [5.41, 5.74) is 1.51. The van der Waals surface area contributed by atoms with Gasteiger partial charge in [0.2, 0.25) is 11.8 Å². The average molecular weight is 544 g/mol. The fourth-order valence-electron chi connectivity index (χ4n) is 4.08. The second-order valence-electron chi connectivity index (χ2n) is 7.39. The number of hydrogen-bond donors (Lipinski definition) is 1. The van der Waals surface area contributed by atoms with E-state index in [2.05, 4.69) is 36.3 Å². The molecular formula is C19H21IN4O5S. The molecule has 1 unspecified atom stereocenters. The first-order valence-corrected chi connectivity index (χ1v) is 13.0. The average Bonchev–Trinajstić information content (AvgIpc) is 2.99. The Kier molecular flexibility index (Phi) is 6.60. The van der Waals surface area contributed by atoms with Gasteiger partial charge in [-0.3, -0.25) is 34.3 Å². The zero-order valence-corrected chi connectivity index (χ0v) is 19.1. The van der Waals surface area contributed by atoms with Gasteiger partial charge in [-0.25, -0.2) is 0 Å². The lowest BCUT2D eigenvalue weighted by Crippen LogP contribution is -2.54. The molecule has 0 aromatic heterocycles. The standard InChI is InChI=1S/C19H21IN4O5S/c20-30-29-10-9-22-5-7-23(8-6-22)12-1-2-13-14(11-12)19(28)24(18(13)27)15-3-4-16(25)21-17(15)26/h1-2,11,15H,3-10H2,(H,21,25,26). The van der Waals surface area contributed by atoms with Crippen molar-refractivity contribution in [3.05, 3.63) is 29.3 Å². The third-order valence-corrected chi connectivity index (χ3v) is 6.71. The third kappa shape index (κ3) is 4.20. The SMILES string of the molecule is O=C1CCC(N2C(=O)c3ccc(N4CCN(CCOSI)CC4)cc3C2=O)C(=O)N1. The summed E-state index contributed by atoms with van der Waals surface area (Å²) in [5, 5.41) is 2.21. The predicted octanol–water partition coefficient (Wildman–Crippen LogP) is 1.22. The molecule has 1 N–H and O–H groups in total. The van der Waals surface area contributed by atoms with Crippen molar-refractivity contribution in [2.45, 2.75) is 18.9 Å². The molecule has 0 bridgehead atoms. The molecule has 3 aliphatic heterocycles. The van der Waals surface area contributed by atoms with Gasteiger partial charge in [0.05, 0.1) is 26.9 Å². The summed E-state index contributed by atoms with van der Waals surface area (Å²) in [6.45, 7) is 4.97. The zero-order valence-electron chi connectivity index (χ0n) is 16.1. The van der Waals surface area contributed by atoms with Gasteiger partial charge in [0.15, 0.2) is 0 Å². The van der Waals surface area contributed by atoms with Crippen LogP contribution in [0.5, 0.6) is 0 Å². The molecule has 0 spiro atoms. The highest BCUT2D eigenvalue weighted by Gasteiger charge is 2.44. The van der Waals surface area contributed by atoms with E-state index in [9.17, 15) is 19.2 Å². The van der Waals surface area contributed by atoms with Crippen molar-refractivity contribution in [1.82, 2.24) is 15.1 Å². The Labute approximate surface area is 190 Å². The van der Waals surface area contributed by atoms with E-state index in [1.807, 2.05) is 6.07 Å². The summed E-state index contributed by atoms with van der Waals surface area (Å²) >= 11 is 2.10. The first-order chi connectivity index (χ1) is 14.5. The lowest BCUT2D eigenvalue weighted by Gasteiger charge is -2.36. The molecular weight excluding hydrogens is 523 g/mol. The lowest BCUT2D eigenvalue weighted by atomic mass is 10.0. The zero-order chi connectivity index (χ0) is 21.3. The van der Waals surface area contributed by atoms with Gasteiger partial charge in [0, 0.05) is 66.0 Å². The van der Waals surface area contributed by atoms with Crippen LogP contribution in [0.15, 0.2) is 18.2 Å². The fraction of sp³-hybridized carbons (Fsp3) is 0.474. The van der Waals surface area contributed by atoms with Crippen LogP contribution in [0.4, 0.5) is 5.69 Å². The third-order valence-electron chi connectivity index (χ3n) is 5.70. The van der Waals surface area contributed by atoms with Gasteiger partial charge < -0.3 is 9.08 Å². The largest absolute Gasteiger partial charge is 0.369 e. The molecule has 1 aromatic carbocycles. The number of halogens is 1. The van der Waals surface area contributed by atoms with Crippen LogP contribution in [0.2, 0.25) is 0 Å². The van der Waals surface area contributed by atoms with E-state index < -0.39 is 23.8 Å². The number of imide groups is 2. The predicted molar refractivity (Wildman–Crippen MR) is 119 cm³/mol. The number of nitrogens with zero attached hydrogens (tertiary/aromatic N) is 3. The molecule has 4 amide bonds. The highest BCUT2D eigenvalue weighted by Crippen LogP contribution is 2.31.